The Morgan fingerprint density at radius 3 is 2.09 bits per heavy atom. The Morgan fingerprint density at radius 2 is 1.70 bits per heavy atom. The van der Waals surface area contributed by atoms with Crippen LogP contribution in [0.5, 0.6) is 0 Å². The number of ether oxygens (including phenoxy) is 1. The maximum absolute atomic E-state index is 12.7. The highest BCUT2D eigenvalue weighted by atomic mass is 16.5. The first kappa shape index (κ1) is 19.5. The van der Waals surface area contributed by atoms with Crippen molar-refractivity contribution < 1.29 is 19.1 Å². The smallest absolute Gasteiger partial charge is 0.325 e. The molecule has 1 heterocycles. The molecule has 0 aliphatic carbocycles. The van der Waals surface area contributed by atoms with Gasteiger partial charge in [0.1, 0.15) is 6.54 Å². The largest absolute Gasteiger partial charge is 0.468 e. The second-order valence-electron chi connectivity index (χ2n) is 7.45. The predicted octanol–water partition coefficient (Wildman–Crippen LogP) is 1.68. The summed E-state index contributed by atoms with van der Waals surface area (Å²) in [6.45, 7) is 10.7. The summed E-state index contributed by atoms with van der Waals surface area (Å²) in [6.07, 6.45) is 1.29. The Kier molecular flexibility index (Phi) is 6.59. The van der Waals surface area contributed by atoms with E-state index in [0.29, 0.717) is 25.9 Å². The number of amides is 2. The van der Waals surface area contributed by atoms with Crippen LogP contribution in [0.4, 0.5) is 0 Å². The molecule has 0 unspecified atom stereocenters. The quantitative estimate of drug-likeness (QED) is 0.737. The van der Waals surface area contributed by atoms with Gasteiger partial charge in [-0.2, -0.15) is 0 Å². The zero-order chi connectivity index (χ0) is 17.8. The van der Waals surface area contributed by atoms with Crippen molar-refractivity contribution in [1.82, 2.24) is 9.80 Å². The van der Waals surface area contributed by atoms with Gasteiger partial charge in [-0.05, 0) is 26.7 Å². The number of methoxy groups -OCH3 is 1. The molecule has 0 N–H and O–H groups in total. The van der Waals surface area contributed by atoms with Crippen molar-refractivity contribution in [1.29, 1.82) is 0 Å². The summed E-state index contributed by atoms with van der Waals surface area (Å²) in [4.78, 5) is 39.9. The van der Waals surface area contributed by atoms with E-state index in [1.54, 1.807) is 4.90 Å². The highest BCUT2D eigenvalue weighted by molar-refractivity contribution is 5.85. The van der Waals surface area contributed by atoms with Crippen molar-refractivity contribution >= 4 is 17.8 Å². The first-order chi connectivity index (χ1) is 10.6. The molecule has 0 atom stereocenters. The van der Waals surface area contributed by atoms with Gasteiger partial charge in [0, 0.05) is 30.5 Å². The maximum Gasteiger partial charge on any atom is 0.325 e. The molecule has 132 valence electrons. The number of hydrogen-bond donors (Lipinski definition) is 0. The van der Waals surface area contributed by atoms with Crippen molar-refractivity contribution in [3.63, 3.8) is 0 Å². The Hall–Kier alpha value is -1.59. The van der Waals surface area contributed by atoms with Gasteiger partial charge in [-0.3, -0.25) is 14.4 Å². The molecule has 0 radical (unpaired) electrons. The standard InChI is InChI=1S/C17H30N2O4/c1-12(2)19(11-14(20)23-6)15(21)13-7-9-18(10-8-13)16(22)17(3,4)5/h12-13H,7-11H2,1-6H3. The number of rotatable bonds is 4. The number of hydrogen-bond acceptors (Lipinski definition) is 4. The molecule has 0 aromatic heterocycles. The van der Waals surface area contributed by atoms with Gasteiger partial charge >= 0.3 is 5.97 Å². The van der Waals surface area contributed by atoms with Crippen molar-refractivity contribution in [2.24, 2.45) is 11.3 Å². The summed E-state index contributed by atoms with van der Waals surface area (Å²) >= 11 is 0. The summed E-state index contributed by atoms with van der Waals surface area (Å²) < 4.78 is 4.67. The molecule has 0 spiro atoms. The van der Waals surface area contributed by atoms with E-state index in [0.717, 1.165) is 0 Å². The Morgan fingerprint density at radius 1 is 1.17 bits per heavy atom. The fraction of sp³-hybridized carbons (Fsp3) is 0.824. The third-order valence-electron chi connectivity index (χ3n) is 4.21. The minimum atomic E-state index is -0.410. The van der Waals surface area contributed by atoms with Crippen LogP contribution in [-0.4, -0.2) is 60.4 Å². The van der Waals surface area contributed by atoms with Crippen molar-refractivity contribution in [2.45, 2.75) is 53.5 Å². The fourth-order valence-electron chi connectivity index (χ4n) is 2.76. The Bertz CT molecular complexity index is 446. The van der Waals surface area contributed by atoms with Gasteiger partial charge in [0.2, 0.25) is 11.8 Å². The number of carbonyl (C=O) groups excluding carboxylic acids is 3. The lowest BCUT2D eigenvalue weighted by molar-refractivity contribution is -0.151. The third-order valence-corrected chi connectivity index (χ3v) is 4.21. The molecule has 0 bridgehead atoms. The molecule has 6 heteroatoms. The van der Waals surface area contributed by atoms with Crippen molar-refractivity contribution in [3.05, 3.63) is 0 Å². The van der Waals surface area contributed by atoms with Crippen LogP contribution in [0.25, 0.3) is 0 Å². The van der Waals surface area contributed by atoms with Crippen LogP contribution in [-0.2, 0) is 19.1 Å². The summed E-state index contributed by atoms with van der Waals surface area (Å²) in [6, 6.07) is -0.0594. The first-order valence-corrected chi connectivity index (χ1v) is 8.24. The van der Waals surface area contributed by atoms with Crippen molar-refractivity contribution in [2.75, 3.05) is 26.7 Å². The van der Waals surface area contributed by atoms with Gasteiger partial charge in [-0.15, -0.1) is 0 Å². The van der Waals surface area contributed by atoms with Gasteiger partial charge in [0.15, 0.2) is 0 Å². The molecule has 1 saturated heterocycles. The van der Waals surface area contributed by atoms with Crippen LogP contribution >= 0.6 is 0 Å². The molecule has 2 amide bonds. The average Bonchev–Trinajstić information content (AvgIpc) is 2.49. The van der Waals surface area contributed by atoms with Gasteiger partial charge in [0.05, 0.1) is 7.11 Å². The summed E-state index contributed by atoms with van der Waals surface area (Å²) in [7, 11) is 1.32. The number of esters is 1. The molecule has 1 rings (SSSR count). The van der Waals surface area contributed by atoms with E-state index in [1.807, 2.05) is 39.5 Å². The molecule has 0 aromatic rings. The molecule has 23 heavy (non-hydrogen) atoms. The van der Waals surface area contributed by atoms with E-state index < -0.39 is 11.4 Å². The lowest BCUT2D eigenvalue weighted by Crippen LogP contribution is -2.49. The topological polar surface area (TPSA) is 66.9 Å². The predicted molar refractivity (Wildman–Crippen MR) is 87.6 cm³/mol. The van der Waals surface area contributed by atoms with E-state index in [4.69, 9.17) is 0 Å². The SMILES string of the molecule is COC(=O)CN(C(=O)C1CCN(C(=O)C(C)(C)C)CC1)C(C)C. The summed E-state index contributed by atoms with van der Waals surface area (Å²) in [5.41, 5.74) is -0.397. The van der Waals surface area contributed by atoms with Crippen LogP contribution in [0.15, 0.2) is 0 Å². The van der Waals surface area contributed by atoms with Crippen LogP contribution in [0.1, 0.15) is 47.5 Å². The fourth-order valence-corrected chi connectivity index (χ4v) is 2.76. The zero-order valence-electron chi connectivity index (χ0n) is 15.2. The molecule has 0 saturated carbocycles. The van der Waals surface area contributed by atoms with E-state index in [9.17, 15) is 14.4 Å². The van der Waals surface area contributed by atoms with E-state index >= 15 is 0 Å². The summed E-state index contributed by atoms with van der Waals surface area (Å²) in [5, 5.41) is 0. The molecule has 0 aromatic carbocycles. The van der Waals surface area contributed by atoms with Crippen LogP contribution in [0, 0.1) is 11.3 Å². The van der Waals surface area contributed by atoms with E-state index in [-0.39, 0.29) is 30.3 Å². The van der Waals surface area contributed by atoms with Crippen LogP contribution < -0.4 is 0 Å². The highest BCUT2D eigenvalue weighted by Crippen LogP contribution is 2.25. The lowest BCUT2D eigenvalue weighted by atomic mass is 9.90. The highest BCUT2D eigenvalue weighted by Gasteiger charge is 2.34. The minimum Gasteiger partial charge on any atom is -0.468 e. The van der Waals surface area contributed by atoms with Crippen LogP contribution in [0.2, 0.25) is 0 Å². The maximum atomic E-state index is 12.7. The molecule has 1 aliphatic rings. The second-order valence-corrected chi connectivity index (χ2v) is 7.45. The molecule has 6 nitrogen and oxygen atoms in total. The zero-order valence-corrected chi connectivity index (χ0v) is 15.2. The number of carbonyl (C=O) groups is 3. The van der Waals surface area contributed by atoms with Gasteiger partial charge in [0.25, 0.3) is 0 Å². The Labute approximate surface area is 139 Å². The second kappa shape index (κ2) is 7.79. The van der Waals surface area contributed by atoms with Gasteiger partial charge in [-0.1, -0.05) is 20.8 Å². The molecule has 1 fully saturated rings. The van der Waals surface area contributed by atoms with E-state index in [2.05, 4.69) is 4.74 Å². The normalized spacial score (nSPS) is 16.4. The Balaban J connectivity index is 2.66. The lowest BCUT2D eigenvalue weighted by Gasteiger charge is -2.37. The minimum absolute atomic E-state index is 0.0197. The van der Waals surface area contributed by atoms with Crippen molar-refractivity contribution in [3.8, 4) is 0 Å². The number of likely N-dealkylation sites (tertiary alicyclic amines) is 1. The average molecular weight is 326 g/mol. The third kappa shape index (κ3) is 5.22. The van der Waals surface area contributed by atoms with Gasteiger partial charge in [-0.25, -0.2) is 0 Å². The first-order valence-electron chi connectivity index (χ1n) is 8.24. The number of nitrogens with zero attached hydrogens (tertiary/aromatic N) is 2. The van der Waals surface area contributed by atoms with E-state index in [1.165, 1.54) is 7.11 Å². The van der Waals surface area contributed by atoms with Gasteiger partial charge < -0.3 is 14.5 Å². The molecular formula is C17H30N2O4. The molecule has 1 aliphatic heterocycles. The molecular weight excluding hydrogens is 296 g/mol. The monoisotopic (exact) mass is 326 g/mol. The summed E-state index contributed by atoms with van der Waals surface area (Å²) in [5.74, 6) is -0.439. The van der Waals surface area contributed by atoms with Crippen LogP contribution in [0.3, 0.4) is 0 Å². The number of piperidine rings is 1.